The van der Waals surface area contributed by atoms with Crippen molar-refractivity contribution in [3.05, 3.63) is 65.0 Å². The number of carbonyl (C=O) groups excluding carboxylic acids is 1. The SMILES string of the molecule is COc1ccc(NC(=O)c2c(C)nn(-c3ccc(F)cc3F)c2C)cc1OC. The van der Waals surface area contributed by atoms with Gasteiger partial charge in [0.2, 0.25) is 0 Å². The third kappa shape index (κ3) is 3.53. The number of aryl methyl sites for hydroxylation is 1. The molecular weight excluding hydrogens is 368 g/mol. The highest BCUT2D eigenvalue weighted by Crippen LogP contribution is 2.30. The van der Waals surface area contributed by atoms with Gasteiger partial charge in [0.15, 0.2) is 17.3 Å². The predicted octanol–water partition coefficient (Wildman–Crippen LogP) is 4.04. The summed E-state index contributed by atoms with van der Waals surface area (Å²) < 4.78 is 39.0. The first-order chi connectivity index (χ1) is 13.3. The van der Waals surface area contributed by atoms with E-state index in [-0.39, 0.29) is 5.69 Å². The molecule has 1 amide bonds. The number of nitrogens with one attached hydrogen (secondary N) is 1. The third-order valence-electron chi connectivity index (χ3n) is 4.30. The lowest BCUT2D eigenvalue weighted by molar-refractivity contribution is 0.102. The van der Waals surface area contributed by atoms with Crippen LogP contribution in [-0.2, 0) is 0 Å². The summed E-state index contributed by atoms with van der Waals surface area (Å²) in [6, 6.07) is 8.17. The van der Waals surface area contributed by atoms with Gasteiger partial charge in [0, 0.05) is 17.8 Å². The number of hydrogen-bond donors (Lipinski definition) is 1. The summed E-state index contributed by atoms with van der Waals surface area (Å²) in [6.45, 7) is 3.29. The Morgan fingerprint density at radius 2 is 1.75 bits per heavy atom. The van der Waals surface area contributed by atoms with Gasteiger partial charge >= 0.3 is 0 Å². The molecule has 0 spiro atoms. The van der Waals surface area contributed by atoms with Gasteiger partial charge in [0.25, 0.3) is 5.91 Å². The van der Waals surface area contributed by atoms with Gasteiger partial charge in [-0.3, -0.25) is 4.79 Å². The number of nitrogens with zero attached hydrogens (tertiary/aromatic N) is 2. The molecule has 146 valence electrons. The van der Waals surface area contributed by atoms with Gasteiger partial charge in [-0.05, 0) is 38.1 Å². The minimum atomic E-state index is -0.766. The van der Waals surface area contributed by atoms with E-state index in [1.807, 2.05) is 0 Å². The van der Waals surface area contributed by atoms with Crippen LogP contribution in [0.1, 0.15) is 21.7 Å². The molecule has 2 aromatic carbocycles. The monoisotopic (exact) mass is 387 g/mol. The maximum Gasteiger partial charge on any atom is 0.259 e. The molecule has 1 N–H and O–H groups in total. The van der Waals surface area contributed by atoms with Crippen LogP contribution in [0.15, 0.2) is 36.4 Å². The Bertz CT molecular complexity index is 1050. The summed E-state index contributed by atoms with van der Waals surface area (Å²) >= 11 is 0. The van der Waals surface area contributed by atoms with Crippen molar-refractivity contribution in [3.8, 4) is 17.2 Å². The Kier molecular flexibility index (Phi) is 5.30. The number of ether oxygens (including phenoxy) is 2. The van der Waals surface area contributed by atoms with Crippen molar-refractivity contribution >= 4 is 11.6 Å². The van der Waals surface area contributed by atoms with E-state index in [1.54, 1.807) is 32.0 Å². The molecule has 0 fully saturated rings. The molecule has 8 heteroatoms. The zero-order valence-electron chi connectivity index (χ0n) is 15.8. The van der Waals surface area contributed by atoms with Gasteiger partial charge in [-0.1, -0.05) is 0 Å². The first-order valence-corrected chi connectivity index (χ1v) is 8.40. The van der Waals surface area contributed by atoms with E-state index >= 15 is 0 Å². The van der Waals surface area contributed by atoms with E-state index in [2.05, 4.69) is 10.4 Å². The minimum absolute atomic E-state index is 0.0622. The summed E-state index contributed by atoms with van der Waals surface area (Å²) in [5.41, 5.74) is 1.72. The molecule has 0 saturated heterocycles. The lowest BCUT2D eigenvalue weighted by atomic mass is 10.1. The Morgan fingerprint density at radius 1 is 1.04 bits per heavy atom. The molecule has 3 rings (SSSR count). The average Bonchev–Trinajstić information content (AvgIpc) is 2.95. The van der Waals surface area contributed by atoms with Crippen molar-refractivity contribution in [1.29, 1.82) is 0 Å². The maximum absolute atomic E-state index is 14.1. The van der Waals surface area contributed by atoms with Crippen molar-refractivity contribution in [1.82, 2.24) is 9.78 Å². The van der Waals surface area contributed by atoms with Crippen molar-refractivity contribution in [2.24, 2.45) is 0 Å². The largest absolute Gasteiger partial charge is 0.493 e. The summed E-state index contributed by atoms with van der Waals surface area (Å²) in [7, 11) is 3.02. The van der Waals surface area contributed by atoms with E-state index in [4.69, 9.17) is 9.47 Å². The molecule has 6 nitrogen and oxygen atoms in total. The summed E-state index contributed by atoms with van der Waals surface area (Å²) in [6.07, 6.45) is 0. The molecule has 0 radical (unpaired) electrons. The number of benzene rings is 2. The number of amides is 1. The number of carbonyl (C=O) groups is 1. The van der Waals surface area contributed by atoms with E-state index < -0.39 is 17.5 Å². The van der Waals surface area contributed by atoms with Crippen molar-refractivity contribution in [2.75, 3.05) is 19.5 Å². The topological polar surface area (TPSA) is 65.4 Å². The Labute approximate surface area is 160 Å². The molecule has 1 aromatic heterocycles. The molecule has 0 bridgehead atoms. The summed E-state index contributed by atoms with van der Waals surface area (Å²) in [4.78, 5) is 12.8. The molecule has 28 heavy (non-hydrogen) atoms. The van der Waals surface area contributed by atoms with Gasteiger partial charge in [0.1, 0.15) is 11.5 Å². The lowest BCUT2D eigenvalue weighted by Crippen LogP contribution is -2.14. The van der Waals surface area contributed by atoms with E-state index in [1.165, 1.54) is 25.0 Å². The lowest BCUT2D eigenvalue weighted by Gasteiger charge is -2.11. The highest BCUT2D eigenvalue weighted by Gasteiger charge is 2.21. The number of hydrogen-bond acceptors (Lipinski definition) is 4. The molecule has 0 atom stereocenters. The van der Waals surface area contributed by atoms with E-state index in [0.29, 0.717) is 34.1 Å². The van der Waals surface area contributed by atoms with Crippen molar-refractivity contribution in [3.63, 3.8) is 0 Å². The number of halogens is 2. The Balaban J connectivity index is 1.94. The number of rotatable bonds is 5. The second kappa shape index (κ2) is 7.67. The predicted molar refractivity (Wildman–Crippen MR) is 100 cm³/mol. The van der Waals surface area contributed by atoms with Crippen molar-refractivity contribution in [2.45, 2.75) is 13.8 Å². The van der Waals surface area contributed by atoms with Crippen LogP contribution in [0.3, 0.4) is 0 Å². The van der Waals surface area contributed by atoms with Crippen LogP contribution in [0.5, 0.6) is 11.5 Å². The average molecular weight is 387 g/mol. The fraction of sp³-hybridized carbons (Fsp3) is 0.200. The Hall–Kier alpha value is -3.42. The van der Waals surface area contributed by atoms with Crippen LogP contribution in [-0.4, -0.2) is 29.9 Å². The van der Waals surface area contributed by atoms with Crippen LogP contribution in [0.2, 0.25) is 0 Å². The quantitative estimate of drug-likeness (QED) is 0.718. The normalized spacial score (nSPS) is 10.6. The first kappa shape index (κ1) is 19.3. The molecule has 3 aromatic rings. The smallest absolute Gasteiger partial charge is 0.259 e. The molecule has 0 aliphatic heterocycles. The Morgan fingerprint density at radius 3 is 2.39 bits per heavy atom. The third-order valence-corrected chi connectivity index (χ3v) is 4.30. The standard InChI is InChI=1S/C20H19F2N3O3/c1-11-19(12(2)25(24-11)16-7-5-13(21)9-15(16)22)20(26)23-14-6-8-17(27-3)18(10-14)28-4/h5-10H,1-4H3,(H,23,26). The zero-order valence-corrected chi connectivity index (χ0v) is 15.8. The molecule has 0 aliphatic rings. The van der Waals surface area contributed by atoms with E-state index in [9.17, 15) is 13.6 Å². The fourth-order valence-electron chi connectivity index (χ4n) is 2.97. The number of aromatic nitrogens is 2. The maximum atomic E-state index is 14.1. The van der Waals surface area contributed by atoms with Gasteiger partial charge in [-0.2, -0.15) is 5.10 Å². The first-order valence-electron chi connectivity index (χ1n) is 8.40. The zero-order chi connectivity index (χ0) is 20.4. The van der Waals surface area contributed by atoms with Crippen molar-refractivity contribution < 1.29 is 23.0 Å². The van der Waals surface area contributed by atoms with Gasteiger partial charge < -0.3 is 14.8 Å². The molecular formula is C20H19F2N3O3. The van der Waals surface area contributed by atoms with Crippen LogP contribution in [0, 0.1) is 25.5 Å². The molecule has 0 saturated carbocycles. The van der Waals surface area contributed by atoms with Crippen LogP contribution in [0.25, 0.3) is 5.69 Å². The van der Waals surface area contributed by atoms with Gasteiger partial charge in [0.05, 0.1) is 31.2 Å². The molecule has 0 aliphatic carbocycles. The second-order valence-electron chi connectivity index (χ2n) is 6.08. The highest BCUT2D eigenvalue weighted by atomic mass is 19.1. The highest BCUT2D eigenvalue weighted by molar-refractivity contribution is 6.06. The van der Waals surface area contributed by atoms with E-state index in [0.717, 1.165) is 12.1 Å². The number of anilines is 1. The van der Waals surface area contributed by atoms with Crippen LogP contribution >= 0.6 is 0 Å². The summed E-state index contributed by atoms with van der Waals surface area (Å²) in [5, 5.41) is 7.02. The fourth-order valence-corrected chi connectivity index (χ4v) is 2.97. The second-order valence-corrected chi connectivity index (χ2v) is 6.08. The molecule has 0 unspecified atom stereocenters. The van der Waals surface area contributed by atoms with Crippen LogP contribution in [0.4, 0.5) is 14.5 Å². The number of methoxy groups -OCH3 is 2. The van der Waals surface area contributed by atoms with Crippen LogP contribution < -0.4 is 14.8 Å². The van der Waals surface area contributed by atoms with Gasteiger partial charge in [-0.25, -0.2) is 13.5 Å². The summed E-state index contributed by atoms with van der Waals surface area (Å²) in [5.74, 6) is -0.854. The minimum Gasteiger partial charge on any atom is -0.493 e. The van der Waals surface area contributed by atoms with Gasteiger partial charge in [-0.15, -0.1) is 0 Å². The molecule has 1 heterocycles.